The van der Waals surface area contributed by atoms with Gasteiger partial charge in [-0.05, 0) is 18.2 Å². The summed E-state index contributed by atoms with van der Waals surface area (Å²) in [7, 11) is 0. The summed E-state index contributed by atoms with van der Waals surface area (Å²) in [5.41, 5.74) is 1.75. The van der Waals surface area contributed by atoms with E-state index in [0.29, 0.717) is 23.2 Å². The molecule has 0 atom stereocenters. The molecule has 80 valence electrons. The summed E-state index contributed by atoms with van der Waals surface area (Å²) in [5, 5.41) is 15.3. The van der Waals surface area contributed by atoms with Gasteiger partial charge in [-0.15, -0.1) is 0 Å². The van der Waals surface area contributed by atoms with Gasteiger partial charge in [0.15, 0.2) is 6.29 Å². The zero-order chi connectivity index (χ0) is 11.5. The zero-order valence-corrected chi connectivity index (χ0v) is 8.18. The Morgan fingerprint density at radius 2 is 2.19 bits per heavy atom. The van der Waals surface area contributed by atoms with Crippen molar-refractivity contribution in [2.24, 2.45) is 0 Å². The number of rotatable bonds is 3. The van der Waals surface area contributed by atoms with Crippen molar-refractivity contribution in [2.75, 3.05) is 0 Å². The molecule has 0 aliphatic rings. The fourth-order valence-corrected chi connectivity index (χ4v) is 1.36. The first-order valence-corrected chi connectivity index (χ1v) is 4.55. The average molecular weight is 216 g/mol. The Labute approximate surface area is 90.7 Å². The van der Waals surface area contributed by atoms with Gasteiger partial charge in [0, 0.05) is 5.56 Å². The topological polar surface area (TPSA) is 83.1 Å². The number of carboxylic acids is 1. The van der Waals surface area contributed by atoms with Crippen molar-refractivity contribution in [3.8, 4) is 11.3 Å². The largest absolute Gasteiger partial charge is 0.478 e. The van der Waals surface area contributed by atoms with Crippen LogP contribution >= 0.6 is 0 Å². The number of hydrogen-bond acceptors (Lipinski definition) is 3. The third-order valence-corrected chi connectivity index (χ3v) is 2.13. The number of aromatic carboxylic acids is 1. The molecule has 1 aromatic carbocycles. The van der Waals surface area contributed by atoms with E-state index < -0.39 is 5.97 Å². The molecular formula is C11H8N2O3. The SMILES string of the molecule is O=Cc1cc(-c2cccc(C(=O)O)c2)n[nH]1. The third kappa shape index (κ3) is 1.83. The van der Waals surface area contributed by atoms with Crippen LogP contribution in [0.15, 0.2) is 30.3 Å². The van der Waals surface area contributed by atoms with E-state index >= 15 is 0 Å². The van der Waals surface area contributed by atoms with Gasteiger partial charge in [-0.3, -0.25) is 9.89 Å². The molecule has 2 rings (SSSR count). The Morgan fingerprint density at radius 3 is 2.81 bits per heavy atom. The highest BCUT2D eigenvalue weighted by Gasteiger charge is 2.07. The molecular weight excluding hydrogens is 208 g/mol. The minimum Gasteiger partial charge on any atom is -0.478 e. The van der Waals surface area contributed by atoms with Crippen molar-refractivity contribution < 1.29 is 14.7 Å². The lowest BCUT2D eigenvalue weighted by molar-refractivity contribution is 0.0697. The van der Waals surface area contributed by atoms with Gasteiger partial charge in [0.05, 0.1) is 17.0 Å². The molecule has 0 saturated carbocycles. The Hall–Kier alpha value is -2.43. The van der Waals surface area contributed by atoms with Crippen molar-refractivity contribution >= 4 is 12.3 Å². The Balaban J connectivity index is 2.43. The van der Waals surface area contributed by atoms with E-state index in [1.807, 2.05) is 0 Å². The molecule has 0 amide bonds. The molecule has 1 heterocycles. The van der Waals surface area contributed by atoms with Gasteiger partial charge in [0.2, 0.25) is 0 Å². The van der Waals surface area contributed by atoms with Crippen LogP contribution in [0.4, 0.5) is 0 Å². The van der Waals surface area contributed by atoms with Crippen molar-refractivity contribution in [1.29, 1.82) is 0 Å². The van der Waals surface area contributed by atoms with Gasteiger partial charge < -0.3 is 5.11 Å². The van der Waals surface area contributed by atoms with Gasteiger partial charge in [0.1, 0.15) is 0 Å². The number of aromatic amines is 1. The molecule has 0 saturated heterocycles. The number of carboxylic acid groups (broad SMARTS) is 1. The second kappa shape index (κ2) is 3.98. The highest BCUT2D eigenvalue weighted by Crippen LogP contribution is 2.18. The van der Waals surface area contributed by atoms with Crippen molar-refractivity contribution in [1.82, 2.24) is 10.2 Å². The van der Waals surface area contributed by atoms with Crippen LogP contribution in [-0.2, 0) is 0 Å². The lowest BCUT2D eigenvalue weighted by Gasteiger charge is -1.97. The van der Waals surface area contributed by atoms with Crippen LogP contribution in [0.3, 0.4) is 0 Å². The number of benzene rings is 1. The number of nitrogens with zero attached hydrogens (tertiary/aromatic N) is 1. The first kappa shape index (κ1) is 10.1. The van der Waals surface area contributed by atoms with Gasteiger partial charge in [-0.1, -0.05) is 12.1 Å². The molecule has 0 unspecified atom stereocenters. The molecule has 2 N–H and O–H groups in total. The summed E-state index contributed by atoms with van der Waals surface area (Å²) in [5.74, 6) is -0.993. The van der Waals surface area contributed by atoms with Crippen molar-refractivity contribution in [3.05, 3.63) is 41.6 Å². The molecule has 0 aliphatic carbocycles. The molecule has 0 radical (unpaired) electrons. The molecule has 16 heavy (non-hydrogen) atoms. The average Bonchev–Trinajstić information content (AvgIpc) is 2.77. The van der Waals surface area contributed by atoms with Gasteiger partial charge in [-0.25, -0.2) is 4.79 Å². The Morgan fingerprint density at radius 1 is 1.38 bits per heavy atom. The highest BCUT2D eigenvalue weighted by molar-refractivity contribution is 5.89. The zero-order valence-electron chi connectivity index (χ0n) is 8.18. The van der Waals surface area contributed by atoms with Crippen LogP contribution in [-0.4, -0.2) is 27.6 Å². The minimum absolute atomic E-state index is 0.188. The molecule has 2 aromatic rings. The monoisotopic (exact) mass is 216 g/mol. The fraction of sp³-hybridized carbons (Fsp3) is 0. The lowest BCUT2D eigenvalue weighted by atomic mass is 10.1. The van der Waals surface area contributed by atoms with Crippen LogP contribution < -0.4 is 0 Å². The molecule has 1 aromatic heterocycles. The number of nitrogens with one attached hydrogen (secondary N) is 1. The Bertz CT molecular complexity index is 546. The normalized spacial score (nSPS) is 10.0. The van der Waals surface area contributed by atoms with Crippen LogP contribution in [0, 0.1) is 0 Å². The van der Waals surface area contributed by atoms with Gasteiger partial charge in [-0.2, -0.15) is 5.10 Å². The molecule has 0 bridgehead atoms. The first-order valence-electron chi connectivity index (χ1n) is 4.55. The summed E-state index contributed by atoms with van der Waals surface area (Å²) in [4.78, 5) is 21.2. The predicted molar refractivity (Wildman–Crippen MR) is 56.4 cm³/mol. The van der Waals surface area contributed by atoms with Gasteiger partial charge in [0.25, 0.3) is 0 Å². The second-order valence-corrected chi connectivity index (χ2v) is 3.21. The van der Waals surface area contributed by atoms with Crippen LogP contribution in [0.5, 0.6) is 0 Å². The van der Waals surface area contributed by atoms with E-state index in [0.717, 1.165) is 0 Å². The standard InChI is InChI=1S/C11H8N2O3/c14-6-9-5-10(13-12-9)7-2-1-3-8(4-7)11(15)16/h1-6H,(H,12,13)(H,15,16). The summed E-state index contributed by atoms with van der Waals surface area (Å²) < 4.78 is 0. The molecule has 0 fully saturated rings. The fourth-order valence-electron chi connectivity index (χ4n) is 1.36. The number of H-pyrrole nitrogens is 1. The van der Waals surface area contributed by atoms with E-state index in [2.05, 4.69) is 10.2 Å². The molecule has 0 aliphatic heterocycles. The van der Waals surface area contributed by atoms with Crippen molar-refractivity contribution in [2.45, 2.75) is 0 Å². The van der Waals surface area contributed by atoms with Crippen LogP contribution in [0.25, 0.3) is 11.3 Å². The number of aldehydes is 1. The van der Waals surface area contributed by atoms with Crippen molar-refractivity contribution in [3.63, 3.8) is 0 Å². The molecule has 0 spiro atoms. The number of carbonyl (C=O) groups excluding carboxylic acids is 1. The summed E-state index contributed by atoms with van der Waals surface area (Å²) in [6, 6.07) is 7.94. The third-order valence-electron chi connectivity index (χ3n) is 2.13. The van der Waals surface area contributed by atoms with E-state index in [-0.39, 0.29) is 5.56 Å². The predicted octanol–water partition coefficient (Wildman–Crippen LogP) is 1.59. The van der Waals surface area contributed by atoms with Crippen LogP contribution in [0.1, 0.15) is 20.8 Å². The first-order chi connectivity index (χ1) is 7.70. The second-order valence-electron chi connectivity index (χ2n) is 3.21. The number of carbonyl (C=O) groups is 2. The quantitative estimate of drug-likeness (QED) is 0.763. The van der Waals surface area contributed by atoms with Gasteiger partial charge >= 0.3 is 5.97 Å². The maximum absolute atomic E-state index is 10.8. The number of aromatic nitrogens is 2. The maximum Gasteiger partial charge on any atom is 0.335 e. The van der Waals surface area contributed by atoms with E-state index in [1.165, 1.54) is 12.1 Å². The van der Waals surface area contributed by atoms with E-state index in [9.17, 15) is 9.59 Å². The maximum atomic E-state index is 10.8. The van der Waals surface area contributed by atoms with Crippen LogP contribution in [0.2, 0.25) is 0 Å². The van der Waals surface area contributed by atoms with E-state index in [1.54, 1.807) is 18.2 Å². The molecule has 5 heteroatoms. The lowest BCUT2D eigenvalue weighted by Crippen LogP contribution is -1.95. The summed E-state index contributed by atoms with van der Waals surface area (Å²) >= 11 is 0. The van der Waals surface area contributed by atoms with E-state index in [4.69, 9.17) is 5.11 Å². The number of hydrogen-bond donors (Lipinski definition) is 2. The smallest absolute Gasteiger partial charge is 0.335 e. The highest BCUT2D eigenvalue weighted by atomic mass is 16.4. The minimum atomic E-state index is -0.993. The summed E-state index contributed by atoms with van der Waals surface area (Å²) in [6.07, 6.45) is 0.650. The molecule has 5 nitrogen and oxygen atoms in total. The summed E-state index contributed by atoms with van der Waals surface area (Å²) in [6.45, 7) is 0. The Kier molecular flexibility index (Phi) is 2.51.